The Morgan fingerprint density at radius 3 is 2.48 bits per heavy atom. The number of methoxy groups -OCH3 is 1. The third kappa shape index (κ3) is 4.89. The number of nitrogens with one attached hydrogen (secondary N) is 1. The van der Waals surface area contributed by atoms with Gasteiger partial charge in [-0.1, -0.05) is 41.6 Å². The van der Waals surface area contributed by atoms with E-state index in [4.69, 9.17) is 9.47 Å². The molecule has 0 amide bonds. The van der Waals surface area contributed by atoms with Crippen LogP contribution in [0.5, 0.6) is 11.5 Å². The summed E-state index contributed by atoms with van der Waals surface area (Å²) in [4.78, 5) is 0. The molecule has 1 fully saturated rings. The second-order valence-corrected chi connectivity index (χ2v) is 6.45. The predicted molar refractivity (Wildman–Crippen MR) is 90.2 cm³/mol. The Morgan fingerprint density at radius 2 is 1.86 bits per heavy atom. The molecule has 0 spiro atoms. The van der Waals surface area contributed by atoms with Crippen LogP contribution >= 0.6 is 15.9 Å². The molecule has 0 heterocycles. The van der Waals surface area contributed by atoms with Crippen molar-refractivity contribution >= 4 is 15.9 Å². The lowest BCUT2D eigenvalue weighted by atomic mass is 10.1. The summed E-state index contributed by atoms with van der Waals surface area (Å²) in [5.41, 5.74) is 1.22. The largest absolute Gasteiger partial charge is 0.493 e. The zero-order valence-corrected chi connectivity index (χ0v) is 14.7. The molecule has 1 aromatic carbocycles. The number of hydrogen-bond acceptors (Lipinski definition) is 3. The molecule has 3 nitrogen and oxygen atoms in total. The Bertz CT molecular complexity index is 443. The highest BCUT2D eigenvalue weighted by Gasteiger charge is 2.14. The van der Waals surface area contributed by atoms with Gasteiger partial charge in [-0.2, -0.15) is 0 Å². The van der Waals surface area contributed by atoms with E-state index in [1.165, 1.54) is 44.1 Å². The first-order valence-electron chi connectivity index (χ1n) is 7.97. The van der Waals surface area contributed by atoms with Crippen LogP contribution in [0.1, 0.15) is 51.0 Å². The molecule has 0 aromatic heterocycles. The molecule has 4 heteroatoms. The fourth-order valence-electron chi connectivity index (χ4n) is 2.88. The van der Waals surface area contributed by atoms with Gasteiger partial charge in [0.1, 0.15) is 0 Å². The first kappa shape index (κ1) is 16.6. The maximum absolute atomic E-state index is 5.60. The molecule has 21 heavy (non-hydrogen) atoms. The molecule has 0 radical (unpaired) electrons. The molecule has 0 saturated heterocycles. The van der Waals surface area contributed by atoms with Crippen molar-refractivity contribution in [3.63, 3.8) is 0 Å². The quantitative estimate of drug-likeness (QED) is 0.752. The number of halogens is 1. The summed E-state index contributed by atoms with van der Waals surface area (Å²) < 4.78 is 12.1. The highest BCUT2D eigenvalue weighted by molar-refractivity contribution is 9.10. The van der Waals surface area contributed by atoms with Crippen LogP contribution in [0.2, 0.25) is 0 Å². The fourth-order valence-corrected chi connectivity index (χ4v) is 3.34. The Hall–Kier alpha value is -0.740. The molecule has 0 aliphatic heterocycles. The van der Waals surface area contributed by atoms with Crippen molar-refractivity contribution in [1.82, 2.24) is 5.32 Å². The molecule has 1 aliphatic rings. The van der Waals surface area contributed by atoms with Gasteiger partial charge < -0.3 is 14.8 Å². The lowest BCUT2D eigenvalue weighted by Gasteiger charge is -2.18. The van der Waals surface area contributed by atoms with Crippen LogP contribution in [-0.2, 0) is 6.54 Å². The summed E-state index contributed by atoms with van der Waals surface area (Å²) in [5.74, 6) is 1.60. The van der Waals surface area contributed by atoms with E-state index >= 15 is 0 Å². The molecule has 1 N–H and O–H groups in total. The fraction of sp³-hybridized carbons (Fsp3) is 0.647. The van der Waals surface area contributed by atoms with E-state index in [-0.39, 0.29) is 0 Å². The second kappa shape index (κ2) is 8.64. The van der Waals surface area contributed by atoms with Crippen molar-refractivity contribution < 1.29 is 9.47 Å². The van der Waals surface area contributed by atoms with Gasteiger partial charge in [0.2, 0.25) is 0 Å². The van der Waals surface area contributed by atoms with Crippen molar-refractivity contribution in [2.24, 2.45) is 0 Å². The van der Waals surface area contributed by atoms with Crippen LogP contribution < -0.4 is 14.8 Å². The molecular weight excluding hydrogens is 330 g/mol. The van der Waals surface area contributed by atoms with Gasteiger partial charge >= 0.3 is 0 Å². The summed E-state index contributed by atoms with van der Waals surface area (Å²) >= 11 is 3.65. The first-order valence-corrected chi connectivity index (χ1v) is 8.76. The van der Waals surface area contributed by atoms with Crippen LogP contribution in [0, 0.1) is 0 Å². The smallest absolute Gasteiger partial charge is 0.162 e. The van der Waals surface area contributed by atoms with E-state index in [0.717, 1.165) is 22.5 Å². The summed E-state index contributed by atoms with van der Waals surface area (Å²) in [6, 6.07) is 4.72. The monoisotopic (exact) mass is 355 g/mol. The van der Waals surface area contributed by atoms with Crippen LogP contribution in [-0.4, -0.2) is 19.8 Å². The Morgan fingerprint density at radius 1 is 1.14 bits per heavy atom. The maximum atomic E-state index is 5.60. The minimum atomic E-state index is 0.641. The summed E-state index contributed by atoms with van der Waals surface area (Å²) in [6.45, 7) is 3.49. The minimum Gasteiger partial charge on any atom is -0.493 e. The van der Waals surface area contributed by atoms with Crippen LogP contribution in [0.25, 0.3) is 0 Å². The lowest BCUT2D eigenvalue weighted by Crippen LogP contribution is -2.28. The van der Waals surface area contributed by atoms with Gasteiger partial charge in [-0.25, -0.2) is 0 Å². The van der Waals surface area contributed by atoms with Gasteiger partial charge in [-0.3, -0.25) is 0 Å². The van der Waals surface area contributed by atoms with Crippen molar-refractivity contribution in [3.05, 3.63) is 22.2 Å². The summed E-state index contributed by atoms with van der Waals surface area (Å²) in [7, 11) is 1.69. The standard InChI is InChI=1S/C17H26BrNO2/c1-3-21-17-11-15(18)13(10-16(17)20-2)12-19-14-8-6-4-5-7-9-14/h10-11,14,19H,3-9,12H2,1-2H3. The number of hydrogen-bond donors (Lipinski definition) is 1. The predicted octanol–water partition coefficient (Wildman–Crippen LogP) is 4.67. The van der Waals surface area contributed by atoms with Gasteiger partial charge in [-0.05, 0) is 37.5 Å². The van der Waals surface area contributed by atoms with E-state index in [9.17, 15) is 0 Å². The highest BCUT2D eigenvalue weighted by atomic mass is 79.9. The van der Waals surface area contributed by atoms with E-state index in [1.54, 1.807) is 7.11 Å². The van der Waals surface area contributed by atoms with Gasteiger partial charge in [0.15, 0.2) is 11.5 Å². The molecule has 1 aliphatic carbocycles. The Balaban J connectivity index is 2.01. The van der Waals surface area contributed by atoms with Crippen molar-refractivity contribution in [2.45, 2.75) is 58.0 Å². The molecular formula is C17H26BrNO2. The molecule has 0 atom stereocenters. The zero-order chi connectivity index (χ0) is 15.1. The van der Waals surface area contributed by atoms with E-state index in [2.05, 4.69) is 27.3 Å². The van der Waals surface area contributed by atoms with E-state index in [1.807, 2.05) is 13.0 Å². The zero-order valence-electron chi connectivity index (χ0n) is 13.1. The summed E-state index contributed by atoms with van der Waals surface area (Å²) in [6.07, 6.45) is 8.08. The SMILES string of the molecule is CCOc1cc(Br)c(CNC2CCCCCC2)cc1OC. The average molecular weight is 356 g/mol. The molecule has 1 saturated carbocycles. The molecule has 0 unspecified atom stereocenters. The molecule has 2 rings (SSSR count). The average Bonchev–Trinajstić information content (AvgIpc) is 2.75. The third-order valence-corrected chi connectivity index (χ3v) is 4.81. The summed E-state index contributed by atoms with van der Waals surface area (Å²) in [5, 5.41) is 3.70. The van der Waals surface area contributed by atoms with E-state index in [0.29, 0.717) is 12.6 Å². The lowest BCUT2D eigenvalue weighted by molar-refractivity contribution is 0.310. The van der Waals surface area contributed by atoms with Gasteiger partial charge in [0, 0.05) is 17.1 Å². The van der Waals surface area contributed by atoms with Crippen molar-refractivity contribution in [1.29, 1.82) is 0 Å². The van der Waals surface area contributed by atoms with E-state index < -0.39 is 0 Å². The maximum Gasteiger partial charge on any atom is 0.162 e. The van der Waals surface area contributed by atoms with Crippen LogP contribution in [0.4, 0.5) is 0 Å². The third-order valence-electron chi connectivity index (χ3n) is 4.07. The van der Waals surface area contributed by atoms with Gasteiger partial charge in [-0.15, -0.1) is 0 Å². The second-order valence-electron chi connectivity index (χ2n) is 5.60. The molecule has 118 valence electrons. The van der Waals surface area contributed by atoms with Crippen molar-refractivity contribution in [3.8, 4) is 11.5 Å². The highest BCUT2D eigenvalue weighted by Crippen LogP contribution is 2.33. The topological polar surface area (TPSA) is 30.5 Å². The number of ether oxygens (including phenoxy) is 2. The first-order chi connectivity index (χ1) is 10.2. The van der Waals surface area contributed by atoms with Crippen LogP contribution in [0.3, 0.4) is 0 Å². The normalized spacial score (nSPS) is 16.5. The molecule has 1 aromatic rings. The van der Waals surface area contributed by atoms with Crippen LogP contribution in [0.15, 0.2) is 16.6 Å². The van der Waals surface area contributed by atoms with Gasteiger partial charge in [0.05, 0.1) is 13.7 Å². The molecule has 0 bridgehead atoms. The Kier molecular flexibility index (Phi) is 6.84. The number of benzene rings is 1. The Labute approximate surface area is 136 Å². The van der Waals surface area contributed by atoms with Crippen molar-refractivity contribution in [2.75, 3.05) is 13.7 Å². The number of rotatable bonds is 6. The van der Waals surface area contributed by atoms with Gasteiger partial charge in [0.25, 0.3) is 0 Å². The minimum absolute atomic E-state index is 0.641.